The topological polar surface area (TPSA) is 231 Å². The van der Waals surface area contributed by atoms with E-state index in [9.17, 15) is 34.2 Å². The molecule has 5 atom stereocenters. The molecule has 0 spiro atoms. The van der Waals surface area contributed by atoms with Crippen molar-refractivity contribution in [1.29, 1.82) is 0 Å². The van der Waals surface area contributed by atoms with Crippen LogP contribution in [0.15, 0.2) is 0 Å². The van der Waals surface area contributed by atoms with E-state index >= 15 is 0 Å². The second kappa shape index (κ2) is 12.9. The summed E-state index contributed by atoms with van der Waals surface area (Å²) in [4.78, 5) is 61.8. The van der Waals surface area contributed by atoms with E-state index in [2.05, 4.69) is 10.6 Å². The smallest absolute Gasteiger partial charge is 0.326 e. The lowest BCUT2D eigenvalue weighted by molar-refractivity contribution is -0.144. The molecule has 0 aromatic carbocycles. The molecule has 1 saturated heterocycles. The molecule has 1 aliphatic heterocycles. The molecule has 10 N–H and O–H groups in total. The molecular formula is C19H34N6O7. The summed E-state index contributed by atoms with van der Waals surface area (Å²) in [6.45, 7) is 2.02. The lowest BCUT2D eigenvalue weighted by Gasteiger charge is -2.29. The molecule has 13 heteroatoms. The lowest BCUT2D eigenvalue weighted by atomic mass is 10.1. The second-order valence-corrected chi connectivity index (χ2v) is 7.87. The van der Waals surface area contributed by atoms with Gasteiger partial charge in [0, 0.05) is 6.54 Å². The summed E-state index contributed by atoms with van der Waals surface area (Å²) >= 11 is 0. The number of unbranched alkanes of at least 4 members (excludes halogenated alkanes) is 1. The van der Waals surface area contributed by atoms with Crippen LogP contribution in [0.5, 0.6) is 0 Å². The van der Waals surface area contributed by atoms with Crippen molar-refractivity contribution in [2.45, 2.75) is 75.7 Å². The van der Waals surface area contributed by atoms with E-state index in [4.69, 9.17) is 17.2 Å². The minimum Gasteiger partial charge on any atom is -0.480 e. The minimum absolute atomic E-state index is 0.172. The molecule has 0 saturated carbocycles. The molecule has 32 heavy (non-hydrogen) atoms. The molecule has 5 unspecified atom stereocenters. The number of aliphatic carboxylic acids is 1. The van der Waals surface area contributed by atoms with Crippen LogP contribution in [0.3, 0.4) is 0 Å². The van der Waals surface area contributed by atoms with E-state index < -0.39 is 66.3 Å². The third kappa shape index (κ3) is 8.05. The van der Waals surface area contributed by atoms with Gasteiger partial charge in [0.15, 0.2) is 0 Å². The maximum atomic E-state index is 12.9. The van der Waals surface area contributed by atoms with Crippen molar-refractivity contribution in [3.8, 4) is 0 Å². The number of rotatable bonds is 13. The number of carboxylic acids is 1. The van der Waals surface area contributed by atoms with Gasteiger partial charge in [-0.15, -0.1) is 0 Å². The zero-order valence-corrected chi connectivity index (χ0v) is 18.2. The van der Waals surface area contributed by atoms with Gasteiger partial charge in [-0.05, 0) is 45.6 Å². The summed E-state index contributed by atoms with van der Waals surface area (Å²) in [5, 5.41) is 23.6. The van der Waals surface area contributed by atoms with Crippen LogP contribution in [0.2, 0.25) is 0 Å². The van der Waals surface area contributed by atoms with Gasteiger partial charge in [0.25, 0.3) is 0 Å². The number of carboxylic acid groups (broad SMARTS) is 1. The Morgan fingerprint density at radius 1 is 1.12 bits per heavy atom. The van der Waals surface area contributed by atoms with Crippen LogP contribution in [-0.4, -0.2) is 88.1 Å². The standard InChI is InChI=1S/C19H34N6O7/c1-10(26)15(22)18(30)25-8-4-6-13(25)17(29)23-11(5-2-3-7-20)16(28)24-12(19(31)32)9-14(21)27/h10-13,15,26H,2-9,20,22H2,1H3,(H2,21,27)(H,23,29)(H,24,28)(H,31,32). The predicted molar refractivity (Wildman–Crippen MR) is 113 cm³/mol. The molecule has 0 bridgehead atoms. The summed E-state index contributed by atoms with van der Waals surface area (Å²) in [6.07, 6.45) is 0.405. The number of nitrogens with zero attached hydrogens (tertiary/aromatic N) is 1. The summed E-state index contributed by atoms with van der Waals surface area (Å²) in [7, 11) is 0. The van der Waals surface area contributed by atoms with Crippen molar-refractivity contribution in [1.82, 2.24) is 15.5 Å². The molecule has 0 aromatic rings. The van der Waals surface area contributed by atoms with Crippen LogP contribution >= 0.6 is 0 Å². The van der Waals surface area contributed by atoms with Gasteiger partial charge in [-0.3, -0.25) is 19.2 Å². The van der Waals surface area contributed by atoms with Gasteiger partial charge in [-0.2, -0.15) is 0 Å². The van der Waals surface area contributed by atoms with Crippen molar-refractivity contribution < 1.29 is 34.2 Å². The highest BCUT2D eigenvalue weighted by Crippen LogP contribution is 2.19. The second-order valence-electron chi connectivity index (χ2n) is 7.87. The van der Waals surface area contributed by atoms with Crippen LogP contribution in [0.25, 0.3) is 0 Å². The van der Waals surface area contributed by atoms with E-state index in [1.807, 2.05) is 0 Å². The third-order valence-electron chi connectivity index (χ3n) is 5.24. The molecule has 1 rings (SSSR count). The Hall–Kier alpha value is -2.77. The number of carbonyl (C=O) groups excluding carboxylic acids is 4. The molecular weight excluding hydrogens is 424 g/mol. The van der Waals surface area contributed by atoms with Gasteiger partial charge < -0.3 is 42.9 Å². The molecule has 1 heterocycles. The monoisotopic (exact) mass is 458 g/mol. The molecule has 182 valence electrons. The van der Waals surface area contributed by atoms with Crippen molar-refractivity contribution in [2.75, 3.05) is 13.1 Å². The van der Waals surface area contributed by atoms with E-state index in [0.717, 1.165) is 0 Å². The van der Waals surface area contributed by atoms with Crippen molar-refractivity contribution in [2.24, 2.45) is 17.2 Å². The van der Waals surface area contributed by atoms with Gasteiger partial charge in [-0.25, -0.2) is 4.79 Å². The van der Waals surface area contributed by atoms with Crippen LogP contribution in [0.4, 0.5) is 0 Å². The van der Waals surface area contributed by atoms with E-state index in [-0.39, 0.29) is 13.0 Å². The van der Waals surface area contributed by atoms with E-state index in [0.29, 0.717) is 32.2 Å². The molecule has 1 fully saturated rings. The van der Waals surface area contributed by atoms with Gasteiger partial charge in [-0.1, -0.05) is 0 Å². The number of hydrogen-bond acceptors (Lipinski definition) is 8. The summed E-state index contributed by atoms with van der Waals surface area (Å²) in [5.74, 6) is -4.31. The first-order valence-corrected chi connectivity index (χ1v) is 10.6. The number of carbonyl (C=O) groups is 5. The normalized spacial score (nSPS) is 19.5. The maximum absolute atomic E-state index is 12.9. The van der Waals surface area contributed by atoms with Gasteiger partial charge in [0.1, 0.15) is 24.2 Å². The Morgan fingerprint density at radius 3 is 2.31 bits per heavy atom. The number of primary amides is 1. The highest BCUT2D eigenvalue weighted by molar-refractivity contribution is 5.95. The average molecular weight is 459 g/mol. The van der Waals surface area contributed by atoms with Crippen LogP contribution < -0.4 is 27.8 Å². The number of aliphatic hydroxyl groups excluding tert-OH is 1. The first kappa shape index (κ1) is 27.3. The largest absolute Gasteiger partial charge is 0.480 e. The molecule has 0 radical (unpaired) electrons. The van der Waals surface area contributed by atoms with Gasteiger partial charge in [0.05, 0.1) is 12.5 Å². The average Bonchev–Trinajstić information content (AvgIpc) is 3.20. The molecule has 1 aliphatic rings. The SMILES string of the molecule is CC(O)C(N)C(=O)N1CCCC1C(=O)NC(CCCCN)C(=O)NC(CC(N)=O)C(=O)O. The highest BCUT2D eigenvalue weighted by atomic mass is 16.4. The summed E-state index contributed by atoms with van der Waals surface area (Å²) < 4.78 is 0. The van der Waals surface area contributed by atoms with Gasteiger partial charge in [0.2, 0.25) is 23.6 Å². The van der Waals surface area contributed by atoms with Crippen molar-refractivity contribution in [3.05, 3.63) is 0 Å². The Bertz CT molecular complexity index is 702. The van der Waals surface area contributed by atoms with Crippen LogP contribution in [-0.2, 0) is 24.0 Å². The number of hydrogen-bond donors (Lipinski definition) is 7. The van der Waals surface area contributed by atoms with Crippen LogP contribution in [0.1, 0.15) is 45.4 Å². The number of amides is 4. The van der Waals surface area contributed by atoms with Crippen molar-refractivity contribution >= 4 is 29.6 Å². The van der Waals surface area contributed by atoms with Crippen LogP contribution in [0, 0.1) is 0 Å². The Balaban J connectivity index is 2.93. The number of nitrogens with two attached hydrogens (primary N) is 3. The Morgan fingerprint density at radius 2 is 1.78 bits per heavy atom. The third-order valence-corrected chi connectivity index (χ3v) is 5.24. The number of aliphatic hydroxyl groups is 1. The predicted octanol–water partition coefficient (Wildman–Crippen LogP) is -3.26. The molecule has 13 nitrogen and oxygen atoms in total. The van der Waals surface area contributed by atoms with E-state index in [1.54, 1.807) is 0 Å². The number of nitrogens with one attached hydrogen (secondary N) is 2. The first-order valence-electron chi connectivity index (χ1n) is 10.6. The summed E-state index contributed by atoms with van der Waals surface area (Å²) in [6, 6.07) is -4.70. The highest BCUT2D eigenvalue weighted by Gasteiger charge is 2.38. The lowest BCUT2D eigenvalue weighted by Crippen LogP contribution is -2.57. The Labute approximate surface area is 186 Å². The number of likely N-dealkylation sites (tertiary alicyclic amines) is 1. The zero-order valence-electron chi connectivity index (χ0n) is 18.2. The maximum Gasteiger partial charge on any atom is 0.326 e. The van der Waals surface area contributed by atoms with Crippen molar-refractivity contribution in [3.63, 3.8) is 0 Å². The fraction of sp³-hybridized carbons (Fsp3) is 0.737. The fourth-order valence-electron chi connectivity index (χ4n) is 3.40. The molecule has 0 aromatic heterocycles. The Kier molecular flexibility index (Phi) is 11.0. The zero-order chi connectivity index (χ0) is 24.4. The molecule has 0 aliphatic carbocycles. The molecule has 4 amide bonds. The van der Waals surface area contributed by atoms with Gasteiger partial charge >= 0.3 is 5.97 Å². The van der Waals surface area contributed by atoms with E-state index in [1.165, 1.54) is 11.8 Å². The summed E-state index contributed by atoms with van der Waals surface area (Å²) in [5.41, 5.74) is 16.2. The first-order chi connectivity index (χ1) is 15.0. The fourth-order valence-corrected chi connectivity index (χ4v) is 3.40. The minimum atomic E-state index is -1.54. The quantitative estimate of drug-likeness (QED) is 0.137.